The number of para-hydroxylation sites is 1. The third kappa shape index (κ3) is 5.09. The average molecular weight is 384 g/mol. The molecule has 0 unspecified atom stereocenters. The Labute approximate surface area is 165 Å². The third-order valence-corrected chi connectivity index (χ3v) is 4.76. The Hall–Kier alpha value is -2.90. The number of ether oxygens (including phenoxy) is 1. The maximum atomic E-state index is 11.8. The van der Waals surface area contributed by atoms with Gasteiger partial charge in [0.05, 0.1) is 12.8 Å². The summed E-state index contributed by atoms with van der Waals surface area (Å²) in [6.45, 7) is 7.86. The lowest BCUT2D eigenvalue weighted by atomic mass is 10.0. The molecule has 1 fully saturated rings. The van der Waals surface area contributed by atoms with Crippen LogP contribution < -0.4 is 10.6 Å². The van der Waals surface area contributed by atoms with Crippen molar-refractivity contribution >= 4 is 23.5 Å². The highest BCUT2D eigenvalue weighted by atomic mass is 16.6. The topological polar surface area (TPSA) is 92.3 Å². The lowest BCUT2D eigenvalue weighted by molar-refractivity contribution is 0.0983. The number of nitrogens with zero attached hydrogens (tertiary/aromatic N) is 4. The summed E-state index contributed by atoms with van der Waals surface area (Å²) in [6.07, 6.45) is 3.06. The first kappa shape index (κ1) is 19.9. The van der Waals surface area contributed by atoms with Gasteiger partial charge in [0.25, 0.3) is 0 Å². The first-order chi connectivity index (χ1) is 13.6. The molecule has 0 aliphatic carbocycles. The van der Waals surface area contributed by atoms with Crippen molar-refractivity contribution in [1.29, 1.82) is 0 Å². The monoisotopic (exact) mass is 384 g/mol. The fourth-order valence-corrected chi connectivity index (χ4v) is 3.29. The van der Waals surface area contributed by atoms with Crippen LogP contribution in [0.5, 0.6) is 0 Å². The largest absolute Gasteiger partial charge is 0.450 e. The average Bonchev–Trinajstić information content (AvgIpc) is 2.69. The molecule has 1 saturated heterocycles. The lowest BCUT2D eigenvalue weighted by Crippen LogP contribution is -2.42. The zero-order chi connectivity index (χ0) is 19.9. The molecule has 0 bridgehead atoms. The minimum atomic E-state index is -0.236. The number of hydrogen-bond acceptors (Lipinski definition) is 7. The van der Waals surface area contributed by atoms with Gasteiger partial charge in [-0.05, 0) is 37.3 Å². The van der Waals surface area contributed by atoms with Crippen molar-refractivity contribution in [2.24, 2.45) is 0 Å². The summed E-state index contributed by atoms with van der Waals surface area (Å²) in [5, 5.41) is 14.8. The molecule has 2 N–H and O–H groups in total. The summed E-state index contributed by atoms with van der Waals surface area (Å²) in [5.41, 5.74) is 2.19. The molecule has 0 radical (unpaired) electrons. The quantitative estimate of drug-likeness (QED) is 0.783. The first-order valence-electron chi connectivity index (χ1n) is 9.80. The van der Waals surface area contributed by atoms with Crippen molar-refractivity contribution in [2.45, 2.75) is 45.6 Å². The van der Waals surface area contributed by atoms with Crippen LogP contribution in [0.25, 0.3) is 0 Å². The fraction of sp³-hybridized carbons (Fsp3) is 0.500. The highest BCUT2D eigenvalue weighted by molar-refractivity contribution is 5.67. The normalized spacial score (nSPS) is 14.8. The number of rotatable bonds is 6. The molecule has 28 heavy (non-hydrogen) atoms. The van der Waals surface area contributed by atoms with E-state index in [0.29, 0.717) is 37.4 Å². The Morgan fingerprint density at radius 2 is 2.04 bits per heavy atom. The van der Waals surface area contributed by atoms with E-state index in [1.54, 1.807) is 11.1 Å². The van der Waals surface area contributed by atoms with E-state index in [4.69, 9.17) is 4.74 Å². The molecule has 0 saturated carbocycles. The molecule has 8 heteroatoms. The van der Waals surface area contributed by atoms with E-state index < -0.39 is 0 Å². The second-order valence-corrected chi connectivity index (χ2v) is 7.14. The summed E-state index contributed by atoms with van der Waals surface area (Å²) in [7, 11) is 0. The minimum absolute atomic E-state index is 0.234. The van der Waals surface area contributed by atoms with Gasteiger partial charge in [0.2, 0.25) is 5.95 Å². The van der Waals surface area contributed by atoms with Gasteiger partial charge in [-0.3, -0.25) is 0 Å². The molecular formula is C20H28N6O2. The van der Waals surface area contributed by atoms with Gasteiger partial charge in [-0.2, -0.15) is 10.1 Å². The SMILES string of the molecule is CCOC(=O)N1CCC(Nc2cnnc(Nc3ccccc3C(C)C)n2)CC1. The number of aromatic nitrogens is 3. The van der Waals surface area contributed by atoms with E-state index in [1.807, 2.05) is 25.1 Å². The van der Waals surface area contributed by atoms with Gasteiger partial charge in [-0.25, -0.2) is 4.79 Å². The van der Waals surface area contributed by atoms with E-state index in [1.165, 1.54) is 5.56 Å². The Bertz CT molecular complexity index is 790. The van der Waals surface area contributed by atoms with E-state index in [0.717, 1.165) is 18.5 Å². The molecule has 8 nitrogen and oxygen atoms in total. The van der Waals surface area contributed by atoms with Crippen LogP contribution in [0, 0.1) is 0 Å². The summed E-state index contributed by atoms with van der Waals surface area (Å²) in [6, 6.07) is 8.36. The number of anilines is 3. The number of piperidine rings is 1. The van der Waals surface area contributed by atoms with Crippen LogP contribution >= 0.6 is 0 Å². The predicted octanol–water partition coefficient (Wildman–Crippen LogP) is 3.77. The van der Waals surface area contributed by atoms with Gasteiger partial charge in [0, 0.05) is 24.8 Å². The van der Waals surface area contributed by atoms with Crippen molar-refractivity contribution < 1.29 is 9.53 Å². The van der Waals surface area contributed by atoms with Crippen molar-refractivity contribution in [2.75, 3.05) is 30.3 Å². The smallest absolute Gasteiger partial charge is 0.409 e. The van der Waals surface area contributed by atoms with Crippen molar-refractivity contribution in [1.82, 2.24) is 20.1 Å². The Balaban J connectivity index is 1.60. The highest BCUT2D eigenvalue weighted by Crippen LogP contribution is 2.26. The van der Waals surface area contributed by atoms with Crippen LogP contribution in [0.1, 0.15) is 45.1 Å². The van der Waals surface area contributed by atoms with Crippen LogP contribution in [0.15, 0.2) is 30.5 Å². The molecular weight excluding hydrogens is 356 g/mol. The zero-order valence-electron chi connectivity index (χ0n) is 16.7. The van der Waals surface area contributed by atoms with E-state index in [2.05, 4.69) is 45.7 Å². The van der Waals surface area contributed by atoms with Crippen LogP contribution in [-0.2, 0) is 4.74 Å². The molecule has 1 amide bonds. The van der Waals surface area contributed by atoms with Gasteiger partial charge in [0.1, 0.15) is 0 Å². The van der Waals surface area contributed by atoms with Crippen LogP contribution in [0.2, 0.25) is 0 Å². The second-order valence-electron chi connectivity index (χ2n) is 7.14. The first-order valence-corrected chi connectivity index (χ1v) is 9.80. The molecule has 0 atom stereocenters. The number of nitrogens with one attached hydrogen (secondary N) is 2. The van der Waals surface area contributed by atoms with E-state index in [9.17, 15) is 4.79 Å². The van der Waals surface area contributed by atoms with Gasteiger partial charge in [0.15, 0.2) is 5.82 Å². The number of benzene rings is 1. The number of hydrogen-bond donors (Lipinski definition) is 2. The molecule has 0 spiro atoms. The number of carbonyl (C=O) groups excluding carboxylic acids is 1. The van der Waals surface area contributed by atoms with Crippen molar-refractivity contribution in [3.05, 3.63) is 36.0 Å². The second kappa shape index (κ2) is 9.34. The Morgan fingerprint density at radius 3 is 2.75 bits per heavy atom. The molecule has 1 aromatic heterocycles. The standard InChI is InChI=1S/C20H28N6O2/c1-4-28-20(27)26-11-9-15(10-12-26)22-18-13-21-25-19(24-18)23-17-8-6-5-7-16(17)14(2)3/h5-8,13-15H,4,9-12H2,1-3H3,(H2,22,23,24,25). The summed E-state index contributed by atoms with van der Waals surface area (Å²) >= 11 is 0. The van der Waals surface area contributed by atoms with Gasteiger partial charge in [-0.15, -0.1) is 5.10 Å². The number of likely N-dealkylation sites (tertiary alicyclic amines) is 1. The van der Waals surface area contributed by atoms with Gasteiger partial charge < -0.3 is 20.3 Å². The van der Waals surface area contributed by atoms with Crippen LogP contribution in [-0.4, -0.2) is 51.9 Å². The molecule has 2 heterocycles. The molecule has 2 aromatic rings. The van der Waals surface area contributed by atoms with Crippen molar-refractivity contribution in [3.8, 4) is 0 Å². The molecule has 1 aliphatic heterocycles. The Kier molecular flexibility index (Phi) is 6.62. The maximum absolute atomic E-state index is 11.8. The summed E-state index contributed by atoms with van der Waals surface area (Å²) in [4.78, 5) is 18.1. The summed E-state index contributed by atoms with van der Waals surface area (Å²) in [5.74, 6) is 1.53. The van der Waals surface area contributed by atoms with E-state index in [-0.39, 0.29) is 12.1 Å². The number of carbonyl (C=O) groups is 1. The van der Waals surface area contributed by atoms with E-state index >= 15 is 0 Å². The Morgan fingerprint density at radius 1 is 1.29 bits per heavy atom. The fourth-order valence-electron chi connectivity index (χ4n) is 3.29. The maximum Gasteiger partial charge on any atom is 0.409 e. The van der Waals surface area contributed by atoms with Crippen LogP contribution in [0.4, 0.5) is 22.2 Å². The van der Waals surface area contributed by atoms with Crippen LogP contribution in [0.3, 0.4) is 0 Å². The third-order valence-electron chi connectivity index (χ3n) is 4.76. The molecule has 3 rings (SSSR count). The predicted molar refractivity (Wildman–Crippen MR) is 109 cm³/mol. The highest BCUT2D eigenvalue weighted by Gasteiger charge is 2.23. The van der Waals surface area contributed by atoms with Gasteiger partial charge >= 0.3 is 6.09 Å². The van der Waals surface area contributed by atoms with Gasteiger partial charge in [-0.1, -0.05) is 32.0 Å². The zero-order valence-corrected chi connectivity index (χ0v) is 16.7. The molecule has 1 aliphatic rings. The number of amides is 1. The minimum Gasteiger partial charge on any atom is -0.450 e. The lowest BCUT2D eigenvalue weighted by Gasteiger charge is -2.31. The molecule has 150 valence electrons. The summed E-state index contributed by atoms with van der Waals surface area (Å²) < 4.78 is 5.06. The van der Waals surface area contributed by atoms with Crippen molar-refractivity contribution in [3.63, 3.8) is 0 Å². The molecule has 1 aromatic carbocycles.